The molecule has 0 aromatic heterocycles. The summed E-state index contributed by atoms with van der Waals surface area (Å²) in [6.45, 7) is 0.00902. The van der Waals surface area contributed by atoms with Crippen LogP contribution in [-0.2, 0) is 25.0 Å². The number of rotatable bonds is 2. The summed E-state index contributed by atoms with van der Waals surface area (Å²) in [5, 5.41) is 0. The first-order chi connectivity index (χ1) is 12.9. The Morgan fingerprint density at radius 1 is 0.731 bits per heavy atom. The molecule has 1 fully saturated rings. The Morgan fingerprint density at radius 3 is 2.15 bits per heavy atom. The third-order valence-corrected chi connectivity index (χ3v) is 4.98. The van der Waals surface area contributed by atoms with E-state index in [0.29, 0.717) is 0 Å². The number of hydrogen-bond donors (Lipinski definition) is 0. The van der Waals surface area contributed by atoms with Gasteiger partial charge in [0.2, 0.25) is 5.79 Å². The molecule has 26 heavy (non-hydrogen) atoms. The van der Waals surface area contributed by atoms with Crippen LogP contribution in [0, 0.1) is 0 Å². The lowest BCUT2D eigenvalue weighted by Gasteiger charge is -2.44. The van der Waals surface area contributed by atoms with Crippen LogP contribution in [0.2, 0.25) is 0 Å². The standard InChI is InChI=1S/C22H18O4/c1-3-9-16(10-4-1)20-18-13-7-8-14-19(18)21-23-15-24-26-22(20,25-21)17-11-5-2-6-12-17/h1-14,20-21H,15H2/t20?,21-,22-/m1/s1. The quantitative estimate of drug-likeness (QED) is 0.634. The SMILES string of the molecule is c1ccc(C2c3ccccc3[C@@H]3OCOO[C@@]2(c2ccccc2)O3)cc1. The minimum absolute atomic E-state index is 0.00902. The third-order valence-electron chi connectivity index (χ3n) is 4.98. The first kappa shape index (κ1) is 15.7. The van der Waals surface area contributed by atoms with Gasteiger partial charge in [0.15, 0.2) is 13.1 Å². The maximum atomic E-state index is 6.45. The van der Waals surface area contributed by atoms with Crippen molar-refractivity contribution in [3.8, 4) is 0 Å². The van der Waals surface area contributed by atoms with E-state index in [2.05, 4.69) is 18.2 Å². The van der Waals surface area contributed by atoms with Crippen LogP contribution < -0.4 is 0 Å². The average Bonchev–Trinajstić information content (AvgIpc) is 2.91. The fraction of sp³-hybridized carbons (Fsp3) is 0.182. The molecule has 2 bridgehead atoms. The normalized spacial score (nSPS) is 27.4. The van der Waals surface area contributed by atoms with Gasteiger partial charge in [0, 0.05) is 11.1 Å². The second-order valence-electron chi connectivity index (χ2n) is 6.44. The van der Waals surface area contributed by atoms with Crippen molar-refractivity contribution in [1.29, 1.82) is 0 Å². The molecule has 4 nitrogen and oxygen atoms in total. The van der Waals surface area contributed by atoms with Crippen LogP contribution in [0.3, 0.4) is 0 Å². The molecule has 0 amide bonds. The highest BCUT2D eigenvalue weighted by Gasteiger charge is 2.54. The zero-order valence-corrected chi connectivity index (χ0v) is 14.1. The molecular formula is C22H18O4. The van der Waals surface area contributed by atoms with Crippen LogP contribution >= 0.6 is 0 Å². The molecule has 0 aliphatic carbocycles. The molecule has 0 radical (unpaired) electrons. The zero-order valence-electron chi connectivity index (χ0n) is 14.1. The Kier molecular flexibility index (Phi) is 3.84. The van der Waals surface area contributed by atoms with Gasteiger partial charge in [-0.05, 0) is 11.1 Å². The van der Waals surface area contributed by atoms with Crippen molar-refractivity contribution in [2.45, 2.75) is 18.0 Å². The molecule has 0 N–H and O–H groups in total. The molecule has 2 aliphatic rings. The lowest BCUT2D eigenvalue weighted by Crippen LogP contribution is -2.43. The lowest BCUT2D eigenvalue weighted by atomic mass is 9.77. The summed E-state index contributed by atoms with van der Waals surface area (Å²) >= 11 is 0. The predicted molar refractivity (Wildman–Crippen MR) is 94.8 cm³/mol. The summed E-state index contributed by atoms with van der Waals surface area (Å²) in [5.41, 5.74) is 4.10. The molecule has 3 atom stereocenters. The minimum atomic E-state index is -1.13. The van der Waals surface area contributed by atoms with Gasteiger partial charge in [0.05, 0.1) is 5.92 Å². The molecule has 1 saturated heterocycles. The fourth-order valence-corrected chi connectivity index (χ4v) is 3.87. The van der Waals surface area contributed by atoms with Crippen molar-refractivity contribution in [3.63, 3.8) is 0 Å². The van der Waals surface area contributed by atoms with Gasteiger partial charge >= 0.3 is 0 Å². The van der Waals surface area contributed by atoms with E-state index in [1.807, 2.05) is 66.7 Å². The number of fused-ring (bicyclic) bond motifs is 4. The molecule has 3 aromatic carbocycles. The number of benzene rings is 3. The van der Waals surface area contributed by atoms with Gasteiger partial charge in [-0.1, -0.05) is 84.9 Å². The van der Waals surface area contributed by atoms with E-state index in [0.717, 1.165) is 22.3 Å². The van der Waals surface area contributed by atoms with Crippen LogP contribution in [-0.4, -0.2) is 6.79 Å². The highest BCUT2D eigenvalue weighted by molar-refractivity contribution is 5.45. The molecule has 5 rings (SSSR count). The predicted octanol–water partition coefficient (Wildman–Crippen LogP) is 4.64. The van der Waals surface area contributed by atoms with Gasteiger partial charge in [0.1, 0.15) is 0 Å². The summed E-state index contributed by atoms with van der Waals surface area (Å²) in [7, 11) is 0. The van der Waals surface area contributed by atoms with E-state index in [9.17, 15) is 0 Å². The Hall–Kier alpha value is -2.50. The monoisotopic (exact) mass is 346 g/mol. The average molecular weight is 346 g/mol. The minimum Gasteiger partial charge on any atom is -0.319 e. The van der Waals surface area contributed by atoms with Crippen molar-refractivity contribution in [1.82, 2.24) is 0 Å². The van der Waals surface area contributed by atoms with E-state index in [1.165, 1.54) is 0 Å². The smallest absolute Gasteiger partial charge is 0.241 e. The maximum absolute atomic E-state index is 6.45. The molecule has 0 spiro atoms. The largest absolute Gasteiger partial charge is 0.319 e. The third kappa shape index (κ3) is 2.39. The zero-order chi connectivity index (χ0) is 17.4. The van der Waals surface area contributed by atoms with Gasteiger partial charge in [-0.2, -0.15) is 4.89 Å². The first-order valence-corrected chi connectivity index (χ1v) is 8.68. The number of hydrogen-bond acceptors (Lipinski definition) is 4. The molecule has 2 heterocycles. The van der Waals surface area contributed by atoms with Crippen LogP contribution in [0.25, 0.3) is 0 Å². The highest BCUT2D eigenvalue weighted by atomic mass is 17.3. The Bertz CT molecular complexity index is 896. The van der Waals surface area contributed by atoms with E-state index >= 15 is 0 Å². The Morgan fingerprint density at radius 2 is 1.38 bits per heavy atom. The first-order valence-electron chi connectivity index (χ1n) is 8.68. The van der Waals surface area contributed by atoms with E-state index in [-0.39, 0.29) is 12.7 Å². The highest BCUT2D eigenvalue weighted by Crippen LogP contribution is 2.54. The van der Waals surface area contributed by atoms with Crippen molar-refractivity contribution in [3.05, 3.63) is 107 Å². The van der Waals surface area contributed by atoms with Crippen LogP contribution in [0.1, 0.15) is 34.5 Å². The maximum Gasteiger partial charge on any atom is 0.241 e. The molecule has 130 valence electrons. The summed E-state index contributed by atoms with van der Waals surface area (Å²) in [6.07, 6.45) is -0.547. The molecule has 0 saturated carbocycles. The molecule has 3 aromatic rings. The molecule has 1 unspecified atom stereocenters. The molecule has 2 aliphatic heterocycles. The van der Waals surface area contributed by atoms with Gasteiger partial charge in [-0.15, -0.1) is 0 Å². The van der Waals surface area contributed by atoms with Gasteiger partial charge < -0.3 is 9.47 Å². The van der Waals surface area contributed by atoms with E-state index in [4.69, 9.17) is 19.2 Å². The van der Waals surface area contributed by atoms with Crippen LogP contribution in [0.5, 0.6) is 0 Å². The van der Waals surface area contributed by atoms with Crippen LogP contribution in [0.4, 0.5) is 0 Å². The summed E-state index contributed by atoms with van der Waals surface area (Å²) in [6, 6.07) is 28.3. The van der Waals surface area contributed by atoms with Crippen molar-refractivity contribution in [2.75, 3.05) is 6.79 Å². The Labute approximate surface area is 151 Å². The van der Waals surface area contributed by atoms with Crippen molar-refractivity contribution < 1.29 is 19.2 Å². The van der Waals surface area contributed by atoms with E-state index < -0.39 is 12.1 Å². The second kappa shape index (κ2) is 6.34. The number of ether oxygens (including phenoxy) is 2. The van der Waals surface area contributed by atoms with E-state index in [1.54, 1.807) is 0 Å². The van der Waals surface area contributed by atoms with Gasteiger partial charge in [-0.3, -0.25) is 0 Å². The van der Waals surface area contributed by atoms with Crippen molar-refractivity contribution >= 4 is 0 Å². The molecule has 4 heteroatoms. The fourth-order valence-electron chi connectivity index (χ4n) is 3.87. The lowest BCUT2D eigenvalue weighted by molar-refractivity contribution is -0.436. The van der Waals surface area contributed by atoms with Crippen molar-refractivity contribution in [2.24, 2.45) is 0 Å². The summed E-state index contributed by atoms with van der Waals surface area (Å²) < 4.78 is 12.2. The molecular weight excluding hydrogens is 328 g/mol. The summed E-state index contributed by atoms with van der Waals surface area (Å²) in [4.78, 5) is 11.3. The van der Waals surface area contributed by atoms with Crippen LogP contribution in [0.15, 0.2) is 84.9 Å². The Balaban J connectivity index is 1.80. The summed E-state index contributed by atoms with van der Waals surface area (Å²) in [5.74, 6) is -1.32. The second-order valence-corrected chi connectivity index (χ2v) is 6.44. The van der Waals surface area contributed by atoms with Gasteiger partial charge in [0.25, 0.3) is 0 Å². The topological polar surface area (TPSA) is 36.9 Å². The van der Waals surface area contributed by atoms with Gasteiger partial charge in [-0.25, -0.2) is 4.89 Å².